The molecule has 1 aliphatic heterocycles. The van der Waals surface area contributed by atoms with Gasteiger partial charge in [0.05, 0.1) is 22.4 Å². The van der Waals surface area contributed by atoms with E-state index in [1.165, 1.54) is 9.80 Å². The predicted molar refractivity (Wildman–Crippen MR) is 125 cm³/mol. The van der Waals surface area contributed by atoms with Crippen LogP contribution in [0, 0.1) is 35.5 Å². The van der Waals surface area contributed by atoms with Gasteiger partial charge < -0.3 is 0 Å². The van der Waals surface area contributed by atoms with E-state index in [1.54, 1.807) is 24.3 Å². The van der Waals surface area contributed by atoms with Gasteiger partial charge in [-0.1, -0.05) is 54.9 Å². The van der Waals surface area contributed by atoms with Gasteiger partial charge in [-0.05, 0) is 66.3 Å². The van der Waals surface area contributed by atoms with Gasteiger partial charge in [0.2, 0.25) is 11.8 Å². The van der Waals surface area contributed by atoms with Gasteiger partial charge >= 0.3 is 0 Å². The third-order valence-corrected chi connectivity index (χ3v) is 8.37. The van der Waals surface area contributed by atoms with E-state index in [0.717, 1.165) is 18.4 Å². The number of benzene rings is 2. The highest BCUT2D eigenvalue weighted by Gasteiger charge is 2.67. The molecule has 4 aliphatic carbocycles. The molecule has 0 N–H and O–H groups in total. The third kappa shape index (κ3) is 3.09. The number of aryl methyl sites for hydroxylation is 1. The fourth-order valence-corrected chi connectivity index (χ4v) is 6.47. The van der Waals surface area contributed by atoms with Gasteiger partial charge in [0.15, 0.2) is 0 Å². The number of allylic oxidation sites excluding steroid dienone is 2. The Morgan fingerprint density at radius 2 is 1.58 bits per heavy atom. The van der Waals surface area contributed by atoms with Gasteiger partial charge in [0, 0.05) is 5.69 Å². The monoisotopic (exact) mass is 460 g/mol. The van der Waals surface area contributed by atoms with Crippen LogP contribution in [-0.2, 0) is 16.0 Å². The summed E-state index contributed by atoms with van der Waals surface area (Å²) in [6, 6.07) is 14.5. The molecule has 0 radical (unpaired) electrons. The lowest BCUT2D eigenvalue weighted by Gasteiger charge is -2.37. The molecule has 7 rings (SSSR count). The number of hydrogen-bond acceptors (Lipinski definition) is 3. The lowest BCUT2D eigenvalue weighted by molar-refractivity contribution is -0.140. The quantitative estimate of drug-likeness (QED) is 0.485. The van der Waals surface area contributed by atoms with Crippen molar-refractivity contribution in [2.75, 3.05) is 11.6 Å². The molecule has 5 nitrogen and oxygen atoms in total. The minimum Gasteiger partial charge on any atom is -0.290 e. The van der Waals surface area contributed by atoms with Crippen molar-refractivity contribution in [2.24, 2.45) is 35.5 Å². The van der Waals surface area contributed by atoms with Crippen LogP contribution in [-0.4, -0.2) is 29.3 Å². The van der Waals surface area contributed by atoms with Crippen LogP contribution in [0.5, 0.6) is 0 Å². The van der Waals surface area contributed by atoms with E-state index in [4.69, 9.17) is 11.6 Å². The standard InChI is InChI=1S/C27H25ClN2O3/c1-2-15-7-9-16(10-8-15)29(25(31)19-5-3-4-6-22(19)28)14-30-26(32)23-17-11-12-18(21-13-20(17)21)24(23)27(30)33/h3-12,17-18,20-21,23-24H,2,13-14H2,1H3/t17-,18-,20-,21+,23-,24+/m1/s1. The average molecular weight is 461 g/mol. The van der Waals surface area contributed by atoms with Gasteiger partial charge in [-0.2, -0.15) is 0 Å². The van der Waals surface area contributed by atoms with Crippen molar-refractivity contribution < 1.29 is 14.4 Å². The zero-order valence-electron chi connectivity index (χ0n) is 18.4. The number of hydrogen-bond donors (Lipinski definition) is 0. The van der Waals surface area contributed by atoms with E-state index >= 15 is 0 Å². The normalized spacial score (nSPS) is 30.9. The lowest BCUT2D eigenvalue weighted by atomic mass is 9.63. The number of likely N-dealkylation sites (tertiary alicyclic amines) is 1. The Labute approximate surface area is 198 Å². The SMILES string of the molecule is CCc1ccc(N(CN2C(=O)[C@@H]3[C@@H]4C=C[C@H]([C@@H]5C[C@H]45)[C@@H]3C2=O)C(=O)c2ccccc2Cl)cc1. The summed E-state index contributed by atoms with van der Waals surface area (Å²) in [5, 5.41) is 0.341. The Morgan fingerprint density at radius 1 is 0.970 bits per heavy atom. The summed E-state index contributed by atoms with van der Waals surface area (Å²) in [6.07, 6.45) is 6.32. The molecular weight excluding hydrogens is 436 g/mol. The molecule has 2 saturated carbocycles. The highest BCUT2D eigenvalue weighted by atomic mass is 35.5. The van der Waals surface area contributed by atoms with Crippen LogP contribution in [0.15, 0.2) is 60.7 Å². The first-order valence-electron chi connectivity index (χ1n) is 11.7. The number of carbonyl (C=O) groups is 3. The Kier molecular flexibility index (Phi) is 4.73. The van der Waals surface area contributed by atoms with Crippen LogP contribution in [0.2, 0.25) is 5.02 Å². The molecule has 168 valence electrons. The van der Waals surface area contributed by atoms with E-state index in [1.807, 2.05) is 24.3 Å². The first-order chi connectivity index (χ1) is 16.0. The van der Waals surface area contributed by atoms with Crippen molar-refractivity contribution in [3.63, 3.8) is 0 Å². The Morgan fingerprint density at radius 3 is 2.15 bits per heavy atom. The fourth-order valence-electron chi connectivity index (χ4n) is 6.25. The van der Waals surface area contributed by atoms with Crippen molar-refractivity contribution in [3.05, 3.63) is 76.8 Å². The second-order valence-corrected chi connectivity index (χ2v) is 10.0. The zero-order valence-corrected chi connectivity index (χ0v) is 19.1. The maximum atomic E-state index is 13.6. The highest BCUT2D eigenvalue weighted by molar-refractivity contribution is 6.34. The van der Waals surface area contributed by atoms with E-state index in [2.05, 4.69) is 19.1 Å². The minimum atomic E-state index is -0.329. The van der Waals surface area contributed by atoms with Crippen molar-refractivity contribution >= 4 is 35.0 Å². The molecule has 3 fully saturated rings. The molecular formula is C27H25ClN2O3. The molecule has 5 aliphatic rings. The zero-order chi connectivity index (χ0) is 22.9. The summed E-state index contributed by atoms with van der Waals surface area (Å²) < 4.78 is 0. The van der Waals surface area contributed by atoms with Crippen LogP contribution < -0.4 is 4.90 Å². The number of carbonyl (C=O) groups excluding carboxylic acids is 3. The lowest BCUT2D eigenvalue weighted by Crippen LogP contribution is -2.45. The van der Waals surface area contributed by atoms with Crippen LogP contribution in [0.1, 0.15) is 29.3 Å². The number of imide groups is 1. The summed E-state index contributed by atoms with van der Waals surface area (Å²) in [5.41, 5.74) is 2.12. The molecule has 33 heavy (non-hydrogen) atoms. The Bertz CT molecular complexity index is 1150. The number of halogens is 1. The molecule has 2 bridgehead atoms. The molecule has 1 saturated heterocycles. The molecule has 6 atom stereocenters. The maximum absolute atomic E-state index is 13.6. The Hall–Kier alpha value is -2.92. The summed E-state index contributed by atoms with van der Waals surface area (Å²) in [6.45, 7) is 1.97. The van der Waals surface area contributed by atoms with Crippen LogP contribution in [0.3, 0.4) is 0 Å². The largest absolute Gasteiger partial charge is 0.290 e. The summed E-state index contributed by atoms with van der Waals surface area (Å²) in [5.74, 6) is 0.219. The molecule has 2 aromatic rings. The second-order valence-electron chi connectivity index (χ2n) is 9.63. The first-order valence-corrected chi connectivity index (χ1v) is 12.1. The number of nitrogens with zero attached hydrogens (tertiary/aromatic N) is 2. The molecule has 2 aromatic carbocycles. The van der Waals surface area contributed by atoms with Crippen LogP contribution in [0.4, 0.5) is 5.69 Å². The van der Waals surface area contributed by atoms with E-state index < -0.39 is 0 Å². The average Bonchev–Trinajstić information content (AvgIpc) is 3.62. The minimum absolute atomic E-state index is 0.102. The molecule has 0 aromatic heterocycles. The topological polar surface area (TPSA) is 57.7 Å². The van der Waals surface area contributed by atoms with Crippen molar-refractivity contribution in [1.82, 2.24) is 4.90 Å². The summed E-state index contributed by atoms with van der Waals surface area (Å²) in [4.78, 5) is 43.4. The summed E-state index contributed by atoms with van der Waals surface area (Å²) >= 11 is 6.34. The molecule has 0 spiro atoms. The fraction of sp³-hybridized carbons (Fsp3) is 0.370. The first kappa shape index (κ1) is 20.7. The number of amides is 3. The van der Waals surface area contributed by atoms with E-state index in [0.29, 0.717) is 28.1 Å². The van der Waals surface area contributed by atoms with Gasteiger partial charge in [-0.3, -0.25) is 24.2 Å². The van der Waals surface area contributed by atoms with E-state index in [-0.39, 0.29) is 48.1 Å². The van der Waals surface area contributed by atoms with Crippen molar-refractivity contribution in [1.29, 1.82) is 0 Å². The van der Waals surface area contributed by atoms with Crippen molar-refractivity contribution in [2.45, 2.75) is 19.8 Å². The molecule has 0 unspecified atom stereocenters. The second kappa shape index (κ2) is 7.56. The predicted octanol–water partition coefficient (Wildman–Crippen LogP) is 4.56. The van der Waals surface area contributed by atoms with E-state index in [9.17, 15) is 14.4 Å². The van der Waals surface area contributed by atoms with Gasteiger partial charge in [-0.15, -0.1) is 0 Å². The summed E-state index contributed by atoms with van der Waals surface area (Å²) in [7, 11) is 0. The molecule has 1 heterocycles. The maximum Gasteiger partial charge on any atom is 0.261 e. The van der Waals surface area contributed by atoms with Gasteiger partial charge in [-0.25, -0.2) is 0 Å². The van der Waals surface area contributed by atoms with Gasteiger partial charge in [0.1, 0.15) is 6.67 Å². The number of rotatable bonds is 5. The van der Waals surface area contributed by atoms with Gasteiger partial charge in [0.25, 0.3) is 5.91 Å². The van der Waals surface area contributed by atoms with Crippen LogP contribution >= 0.6 is 11.6 Å². The molecule has 3 amide bonds. The molecule has 6 heteroatoms. The Balaban J connectivity index is 1.35. The smallest absolute Gasteiger partial charge is 0.261 e. The number of anilines is 1. The highest BCUT2D eigenvalue weighted by Crippen LogP contribution is 2.65. The van der Waals surface area contributed by atoms with Crippen molar-refractivity contribution in [3.8, 4) is 0 Å². The van der Waals surface area contributed by atoms with Crippen LogP contribution in [0.25, 0.3) is 0 Å². The third-order valence-electron chi connectivity index (χ3n) is 8.04.